The average Bonchev–Trinajstić information content (AvgIpc) is 2.78. The van der Waals surface area contributed by atoms with E-state index in [9.17, 15) is 4.79 Å². The summed E-state index contributed by atoms with van der Waals surface area (Å²) in [4.78, 5) is 11.1. The maximum atomic E-state index is 11.1. The highest BCUT2D eigenvalue weighted by atomic mass is 16.7. The standard InChI is InChI=1S/C24H24NO4/c1-3-13-25-14-11-20(12-15-25)6-5-19-7-9-22(10-8-19)24-28-17-21(18-29-24)16-27-23(26)4-2/h3-15,17,24H,2,16,18H2,1H3/q+1. The van der Waals surface area contributed by atoms with Crippen molar-refractivity contribution in [3.63, 3.8) is 0 Å². The van der Waals surface area contributed by atoms with E-state index in [0.717, 1.165) is 28.3 Å². The average molecular weight is 390 g/mol. The van der Waals surface area contributed by atoms with Crippen LogP contribution >= 0.6 is 0 Å². The number of carbonyl (C=O) groups excluding carboxylic acids is 1. The van der Waals surface area contributed by atoms with Crippen LogP contribution in [-0.4, -0.2) is 19.2 Å². The highest BCUT2D eigenvalue weighted by molar-refractivity contribution is 5.81. The molecule has 2 heterocycles. The fraction of sp³-hybridized carbons (Fsp3) is 0.167. The minimum atomic E-state index is -0.469. The molecule has 5 nitrogen and oxygen atoms in total. The van der Waals surface area contributed by atoms with Crippen LogP contribution in [0.5, 0.6) is 0 Å². The van der Waals surface area contributed by atoms with Crippen LogP contribution in [0.1, 0.15) is 29.9 Å². The third-order valence-electron chi connectivity index (χ3n) is 4.22. The maximum Gasteiger partial charge on any atom is 0.330 e. The third kappa shape index (κ3) is 6.02. The van der Waals surface area contributed by atoms with Crippen LogP contribution in [0.4, 0.5) is 0 Å². The summed E-state index contributed by atoms with van der Waals surface area (Å²) in [5.41, 5.74) is 3.90. The lowest BCUT2D eigenvalue weighted by molar-refractivity contribution is -0.568. The highest BCUT2D eigenvalue weighted by Gasteiger charge is 2.18. The zero-order valence-electron chi connectivity index (χ0n) is 16.4. The summed E-state index contributed by atoms with van der Waals surface area (Å²) in [5, 5.41) is 0. The van der Waals surface area contributed by atoms with E-state index in [1.165, 1.54) is 0 Å². The Hall–Kier alpha value is -3.44. The van der Waals surface area contributed by atoms with Gasteiger partial charge in [-0.3, -0.25) is 0 Å². The van der Waals surface area contributed by atoms with Gasteiger partial charge in [-0.1, -0.05) is 43.0 Å². The monoisotopic (exact) mass is 390 g/mol. The molecule has 0 fully saturated rings. The lowest BCUT2D eigenvalue weighted by Gasteiger charge is -2.23. The molecule has 2 aromatic rings. The van der Waals surface area contributed by atoms with Gasteiger partial charge in [0.15, 0.2) is 18.6 Å². The van der Waals surface area contributed by atoms with Crippen molar-refractivity contribution >= 4 is 24.3 Å². The Morgan fingerprint density at radius 3 is 2.45 bits per heavy atom. The lowest BCUT2D eigenvalue weighted by Crippen LogP contribution is -2.23. The zero-order chi connectivity index (χ0) is 20.5. The molecular formula is C24H24NO4+. The number of hydrogen-bond acceptors (Lipinski definition) is 4. The van der Waals surface area contributed by atoms with Crippen LogP contribution in [0.25, 0.3) is 18.4 Å². The van der Waals surface area contributed by atoms with Gasteiger partial charge in [0.2, 0.25) is 6.29 Å². The van der Waals surface area contributed by atoms with E-state index in [1.54, 1.807) is 6.26 Å². The van der Waals surface area contributed by atoms with Crippen LogP contribution in [0, 0.1) is 0 Å². The first-order chi connectivity index (χ1) is 14.2. The van der Waals surface area contributed by atoms with Gasteiger partial charge in [0.05, 0.1) is 12.9 Å². The molecule has 29 heavy (non-hydrogen) atoms. The number of hydrogen-bond donors (Lipinski definition) is 0. The molecule has 5 heteroatoms. The first-order valence-corrected chi connectivity index (χ1v) is 9.34. The SMILES string of the molecule is C=CC(=O)OCC1=COC(c2ccc(C=Cc3cc[n+](C=CC)cc3)cc2)OC1. The second-order valence-electron chi connectivity index (χ2n) is 6.43. The summed E-state index contributed by atoms with van der Waals surface area (Å²) in [6, 6.07) is 12.1. The molecule has 3 rings (SSSR count). The summed E-state index contributed by atoms with van der Waals surface area (Å²) in [5.74, 6) is -0.468. The van der Waals surface area contributed by atoms with Gasteiger partial charge in [-0.05, 0) is 24.1 Å². The van der Waals surface area contributed by atoms with Crippen molar-refractivity contribution in [1.29, 1.82) is 0 Å². The van der Waals surface area contributed by atoms with Gasteiger partial charge in [-0.2, -0.15) is 4.57 Å². The third-order valence-corrected chi connectivity index (χ3v) is 4.22. The van der Waals surface area contributed by atoms with Gasteiger partial charge in [-0.15, -0.1) is 0 Å². The van der Waals surface area contributed by atoms with Crippen molar-refractivity contribution in [2.45, 2.75) is 13.2 Å². The maximum absolute atomic E-state index is 11.1. The van der Waals surface area contributed by atoms with Gasteiger partial charge in [0, 0.05) is 29.3 Å². The van der Waals surface area contributed by atoms with E-state index in [-0.39, 0.29) is 6.61 Å². The Morgan fingerprint density at radius 2 is 1.86 bits per heavy atom. The second-order valence-corrected chi connectivity index (χ2v) is 6.43. The quantitative estimate of drug-likeness (QED) is 0.402. The van der Waals surface area contributed by atoms with E-state index < -0.39 is 12.3 Å². The molecule has 1 aliphatic rings. The minimum Gasteiger partial charge on any atom is -0.468 e. The molecule has 1 atom stereocenters. The molecule has 0 N–H and O–H groups in total. The molecule has 0 aliphatic carbocycles. The molecular weight excluding hydrogens is 366 g/mol. The predicted molar refractivity (Wildman–Crippen MR) is 112 cm³/mol. The van der Waals surface area contributed by atoms with Crippen molar-refractivity contribution in [3.8, 4) is 0 Å². The van der Waals surface area contributed by atoms with Crippen LogP contribution in [0.15, 0.2) is 79.4 Å². The number of carbonyl (C=O) groups is 1. The van der Waals surface area contributed by atoms with Crippen molar-refractivity contribution < 1.29 is 23.6 Å². The van der Waals surface area contributed by atoms with Crippen molar-refractivity contribution in [3.05, 3.63) is 96.0 Å². The van der Waals surface area contributed by atoms with E-state index in [0.29, 0.717) is 6.61 Å². The van der Waals surface area contributed by atoms with Crippen molar-refractivity contribution in [1.82, 2.24) is 0 Å². The summed E-state index contributed by atoms with van der Waals surface area (Å²) in [6.07, 6.45) is 14.4. The first kappa shape index (κ1) is 20.3. The molecule has 0 amide bonds. The number of pyridine rings is 1. The number of benzene rings is 1. The zero-order valence-corrected chi connectivity index (χ0v) is 16.4. The Bertz CT molecular complexity index is 924. The number of nitrogens with zero attached hydrogens (tertiary/aromatic N) is 1. The van der Waals surface area contributed by atoms with E-state index in [2.05, 4.69) is 30.9 Å². The summed E-state index contributed by atoms with van der Waals surface area (Å²) >= 11 is 0. The molecule has 0 spiro atoms. The van der Waals surface area contributed by atoms with E-state index >= 15 is 0 Å². The predicted octanol–water partition coefficient (Wildman–Crippen LogP) is 4.29. The molecule has 1 aliphatic heterocycles. The Balaban J connectivity index is 1.55. The number of rotatable bonds is 7. The molecule has 1 unspecified atom stereocenters. The fourth-order valence-corrected chi connectivity index (χ4v) is 2.68. The normalized spacial score (nSPS) is 16.4. The van der Waals surface area contributed by atoms with Gasteiger partial charge in [-0.25, -0.2) is 4.79 Å². The fourth-order valence-electron chi connectivity index (χ4n) is 2.68. The van der Waals surface area contributed by atoms with Crippen LogP contribution in [0.2, 0.25) is 0 Å². The van der Waals surface area contributed by atoms with Crippen LogP contribution in [0.3, 0.4) is 0 Å². The number of ether oxygens (including phenoxy) is 3. The first-order valence-electron chi connectivity index (χ1n) is 9.34. The lowest BCUT2D eigenvalue weighted by atomic mass is 10.1. The minimum absolute atomic E-state index is 0.134. The summed E-state index contributed by atoms with van der Waals surface area (Å²) in [6.45, 7) is 5.83. The Kier molecular flexibility index (Phi) is 7.14. The largest absolute Gasteiger partial charge is 0.468 e. The molecule has 0 saturated carbocycles. The molecule has 0 bridgehead atoms. The highest BCUT2D eigenvalue weighted by Crippen LogP contribution is 2.25. The van der Waals surface area contributed by atoms with Crippen LogP contribution in [-0.2, 0) is 19.0 Å². The topological polar surface area (TPSA) is 48.6 Å². The van der Waals surface area contributed by atoms with Crippen molar-refractivity contribution in [2.24, 2.45) is 0 Å². The molecule has 1 aromatic carbocycles. The number of aromatic nitrogens is 1. The van der Waals surface area contributed by atoms with Crippen molar-refractivity contribution in [2.75, 3.05) is 13.2 Å². The van der Waals surface area contributed by atoms with Gasteiger partial charge in [0.1, 0.15) is 6.61 Å². The van der Waals surface area contributed by atoms with Gasteiger partial charge in [0.25, 0.3) is 0 Å². The Labute approximate surface area is 170 Å². The van der Waals surface area contributed by atoms with E-state index in [4.69, 9.17) is 14.2 Å². The van der Waals surface area contributed by atoms with Gasteiger partial charge >= 0.3 is 5.97 Å². The molecule has 1 aromatic heterocycles. The second kappa shape index (κ2) is 10.2. The van der Waals surface area contributed by atoms with E-state index in [1.807, 2.05) is 60.4 Å². The summed E-state index contributed by atoms with van der Waals surface area (Å²) < 4.78 is 18.3. The Morgan fingerprint density at radius 1 is 1.17 bits per heavy atom. The molecule has 148 valence electrons. The van der Waals surface area contributed by atoms with Crippen LogP contribution < -0.4 is 4.57 Å². The number of esters is 1. The summed E-state index contributed by atoms with van der Waals surface area (Å²) in [7, 11) is 0. The molecule has 0 saturated heterocycles. The van der Waals surface area contributed by atoms with Gasteiger partial charge < -0.3 is 14.2 Å². The molecule has 0 radical (unpaired) electrons. The number of allylic oxidation sites excluding steroid dienone is 1. The smallest absolute Gasteiger partial charge is 0.330 e.